The van der Waals surface area contributed by atoms with Crippen molar-refractivity contribution >= 4 is 5.91 Å². The molecule has 2 aromatic carbocycles. The van der Waals surface area contributed by atoms with E-state index in [0.717, 1.165) is 18.5 Å². The van der Waals surface area contributed by atoms with Crippen molar-refractivity contribution in [3.05, 3.63) is 77.5 Å². The summed E-state index contributed by atoms with van der Waals surface area (Å²) in [6, 6.07) is 14.0. The third kappa shape index (κ3) is 3.74. The lowest BCUT2D eigenvalue weighted by molar-refractivity contribution is 0.0705. The monoisotopic (exact) mass is 367 g/mol. The first-order valence-electron chi connectivity index (χ1n) is 8.96. The van der Waals surface area contributed by atoms with Crippen LogP contribution < -0.4 is 0 Å². The average molecular weight is 367 g/mol. The number of likely N-dealkylation sites (tertiary alicyclic amines) is 1. The van der Waals surface area contributed by atoms with Crippen molar-refractivity contribution < 1.29 is 13.6 Å². The minimum atomic E-state index is -0.414. The van der Waals surface area contributed by atoms with E-state index < -0.39 is 5.82 Å². The average Bonchev–Trinajstić information content (AvgIpc) is 3.18. The summed E-state index contributed by atoms with van der Waals surface area (Å²) < 4.78 is 26.9. The van der Waals surface area contributed by atoms with Gasteiger partial charge in [-0.1, -0.05) is 18.2 Å². The van der Waals surface area contributed by atoms with Gasteiger partial charge >= 0.3 is 0 Å². The van der Waals surface area contributed by atoms with Crippen LogP contribution in [0.5, 0.6) is 0 Å². The van der Waals surface area contributed by atoms with Crippen LogP contribution in [0.4, 0.5) is 8.78 Å². The molecule has 1 saturated heterocycles. The standard InChI is InChI=1S/C21H19F2N3O/c22-17-7-1-4-14(10-17)19-12-20(25-24-19)16-6-3-9-26(13-16)21(27)15-5-2-8-18(23)11-15/h1-2,4-5,7-8,10-12,16H,3,6,9,13H2,(H,24,25). The predicted octanol–water partition coefficient (Wildman–Crippen LogP) is 4.37. The number of piperidine rings is 1. The highest BCUT2D eigenvalue weighted by Crippen LogP contribution is 2.29. The van der Waals surface area contributed by atoms with Crippen LogP contribution >= 0.6 is 0 Å². The second-order valence-electron chi connectivity index (χ2n) is 6.82. The molecule has 3 aromatic rings. The summed E-state index contributed by atoms with van der Waals surface area (Å²) in [4.78, 5) is 14.4. The van der Waals surface area contributed by atoms with Crippen LogP contribution in [-0.4, -0.2) is 34.1 Å². The molecule has 6 heteroatoms. The van der Waals surface area contributed by atoms with Gasteiger partial charge in [0.2, 0.25) is 0 Å². The Labute approximate surface area is 155 Å². The number of benzene rings is 2. The van der Waals surface area contributed by atoms with E-state index in [2.05, 4.69) is 10.2 Å². The van der Waals surface area contributed by atoms with Crippen LogP contribution in [0.2, 0.25) is 0 Å². The Morgan fingerprint density at radius 1 is 1.07 bits per heavy atom. The highest BCUT2D eigenvalue weighted by Gasteiger charge is 2.27. The number of aromatic nitrogens is 2. The summed E-state index contributed by atoms with van der Waals surface area (Å²) in [5, 5.41) is 7.33. The number of aromatic amines is 1. The lowest BCUT2D eigenvalue weighted by Gasteiger charge is -2.32. The third-order valence-corrected chi connectivity index (χ3v) is 4.94. The molecule has 0 spiro atoms. The fourth-order valence-corrected chi connectivity index (χ4v) is 3.56. The van der Waals surface area contributed by atoms with Crippen LogP contribution in [0.15, 0.2) is 54.6 Å². The van der Waals surface area contributed by atoms with Crippen molar-refractivity contribution in [2.75, 3.05) is 13.1 Å². The van der Waals surface area contributed by atoms with Crippen LogP contribution in [0.1, 0.15) is 34.8 Å². The summed E-state index contributed by atoms with van der Waals surface area (Å²) in [5.41, 5.74) is 2.67. The van der Waals surface area contributed by atoms with Gasteiger partial charge < -0.3 is 4.90 Å². The maximum Gasteiger partial charge on any atom is 0.253 e. The van der Waals surface area contributed by atoms with E-state index in [1.165, 1.54) is 24.3 Å². The third-order valence-electron chi connectivity index (χ3n) is 4.94. The van der Waals surface area contributed by atoms with Gasteiger partial charge in [0, 0.05) is 35.8 Å². The predicted molar refractivity (Wildman–Crippen MR) is 98.3 cm³/mol. The fraction of sp³-hybridized carbons (Fsp3) is 0.238. The number of H-pyrrole nitrogens is 1. The van der Waals surface area contributed by atoms with E-state index in [1.54, 1.807) is 23.1 Å². The van der Waals surface area contributed by atoms with Gasteiger partial charge in [-0.2, -0.15) is 5.10 Å². The van der Waals surface area contributed by atoms with Gasteiger partial charge in [-0.05, 0) is 49.2 Å². The molecule has 138 valence electrons. The molecule has 1 aromatic heterocycles. The van der Waals surface area contributed by atoms with Crippen LogP contribution in [-0.2, 0) is 0 Å². The number of nitrogens with one attached hydrogen (secondary N) is 1. The number of hydrogen-bond acceptors (Lipinski definition) is 2. The quantitative estimate of drug-likeness (QED) is 0.747. The highest BCUT2D eigenvalue weighted by atomic mass is 19.1. The highest BCUT2D eigenvalue weighted by molar-refractivity contribution is 5.94. The molecule has 1 atom stereocenters. The second kappa shape index (κ2) is 7.31. The molecule has 0 radical (unpaired) electrons. The van der Waals surface area contributed by atoms with Gasteiger partial charge in [0.25, 0.3) is 5.91 Å². The number of hydrogen-bond donors (Lipinski definition) is 1. The van der Waals surface area contributed by atoms with Gasteiger partial charge in [0.15, 0.2) is 0 Å². The summed E-state index contributed by atoms with van der Waals surface area (Å²) in [6.45, 7) is 1.19. The molecule has 2 heterocycles. The fourth-order valence-electron chi connectivity index (χ4n) is 3.56. The number of rotatable bonds is 3. The van der Waals surface area contributed by atoms with Crippen molar-refractivity contribution in [1.82, 2.24) is 15.1 Å². The number of carbonyl (C=O) groups excluding carboxylic acids is 1. The molecule has 1 fully saturated rings. The molecule has 27 heavy (non-hydrogen) atoms. The van der Waals surface area contributed by atoms with Crippen molar-refractivity contribution in [1.29, 1.82) is 0 Å². The van der Waals surface area contributed by atoms with Gasteiger partial charge in [-0.25, -0.2) is 8.78 Å². The summed E-state index contributed by atoms with van der Waals surface area (Å²) in [7, 11) is 0. The zero-order chi connectivity index (χ0) is 18.8. The Balaban J connectivity index is 1.51. The maximum absolute atomic E-state index is 13.4. The van der Waals surface area contributed by atoms with Crippen molar-refractivity contribution in [3.8, 4) is 11.3 Å². The first kappa shape index (κ1) is 17.4. The van der Waals surface area contributed by atoms with E-state index in [0.29, 0.717) is 29.9 Å². The molecule has 0 saturated carbocycles. The Morgan fingerprint density at radius 2 is 1.85 bits per heavy atom. The Hall–Kier alpha value is -3.02. The summed E-state index contributed by atoms with van der Waals surface area (Å²) >= 11 is 0. The van der Waals surface area contributed by atoms with E-state index >= 15 is 0 Å². The largest absolute Gasteiger partial charge is 0.338 e. The van der Waals surface area contributed by atoms with Gasteiger partial charge in [0.05, 0.1) is 5.69 Å². The second-order valence-corrected chi connectivity index (χ2v) is 6.82. The van der Waals surface area contributed by atoms with Gasteiger partial charge in [0.1, 0.15) is 11.6 Å². The molecule has 1 N–H and O–H groups in total. The smallest absolute Gasteiger partial charge is 0.253 e. The van der Waals surface area contributed by atoms with Crippen molar-refractivity contribution in [2.45, 2.75) is 18.8 Å². The van der Waals surface area contributed by atoms with Crippen LogP contribution in [0.25, 0.3) is 11.3 Å². The Morgan fingerprint density at radius 3 is 2.63 bits per heavy atom. The molecule has 1 unspecified atom stereocenters. The van der Waals surface area contributed by atoms with E-state index in [4.69, 9.17) is 0 Å². The van der Waals surface area contributed by atoms with Crippen molar-refractivity contribution in [2.24, 2.45) is 0 Å². The number of nitrogens with zero attached hydrogens (tertiary/aromatic N) is 2. The first-order chi connectivity index (χ1) is 13.1. The Bertz CT molecular complexity index is 969. The van der Waals surface area contributed by atoms with Gasteiger partial charge in [-0.15, -0.1) is 0 Å². The zero-order valence-electron chi connectivity index (χ0n) is 14.7. The van der Waals surface area contributed by atoms with E-state index in [9.17, 15) is 13.6 Å². The van der Waals surface area contributed by atoms with E-state index in [1.807, 2.05) is 12.1 Å². The van der Waals surface area contributed by atoms with Crippen molar-refractivity contribution in [3.63, 3.8) is 0 Å². The van der Waals surface area contributed by atoms with Gasteiger partial charge in [-0.3, -0.25) is 9.89 Å². The summed E-state index contributed by atoms with van der Waals surface area (Å²) in [5.74, 6) is -0.764. The zero-order valence-corrected chi connectivity index (χ0v) is 14.7. The molecule has 0 bridgehead atoms. The first-order valence-corrected chi connectivity index (χ1v) is 8.96. The molecular weight excluding hydrogens is 348 g/mol. The Kier molecular flexibility index (Phi) is 4.71. The normalized spacial score (nSPS) is 17.1. The molecule has 1 amide bonds. The van der Waals surface area contributed by atoms with E-state index in [-0.39, 0.29) is 17.6 Å². The summed E-state index contributed by atoms with van der Waals surface area (Å²) in [6.07, 6.45) is 1.79. The lowest BCUT2D eigenvalue weighted by Crippen LogP contribution is -2.39. The molecule has 4 rings (SSSR count). The molecule has 1 aliphatic heterocycles. The molecule has 0 aliphatic carbocycles. The molecular formula is C21H19F2N3O. The number of amides is 1. The minimum Gasteiger partial charge on any atom is -0.338 e. The number of halogens is 2. The SMILES string of the molecule is O=C(c1cccc(F)c1)N1CCCC(c2cc(-c3cccc(F)c3)n[nH]2)C1. The minimum absolute atomic E-state index is 0.117. The van der Waals surface area contributed by atoms with Crippen LogP contribution in [0, 0.1) is 11.6 Å². The topological polar surface area (TPSA) is 49.0 Å². The molecule has 1 aliphatic rings. The number of carbonyl (C=O) groups is 1. The van der Waals surface area contributed by atoms with Crippen LogP contribution in [0.3, 0.4) is 0 Å². The lowest BCUT2D eigenvalue weighted by atomic mass is 9.94. The molecule has 4 nitrogen and oxygen atoms in total. The maximum atomic E-state index is 13.4.